The Morgan fingerprint density at radius 3 is 1.86 bits per heavy atom. The Morgan fingerprint density at radius 1 is 0.571 bits per heavy atom. The number of pyridine rings is 1. The summed E-state index contributed by atoms with van der Waals surface area (Å²) in [7, 11) is 0. The maximum atomic E-state index is 6.93. The lowest BCUT2D eigenvalue weighted by Crippen LogP contribution is -2.60. The molecule has 11 rings (SSSR count). The van der Waals surface area contributed by atoms with E-state index in [0.717, 1.165) is 52.0 Å². The molecule has 2 aliphatic heterocycles. The van der Waals surface area contributed by atoms with E-state index in [1.54, 1.807) is 0 Å². The Morgan fingerprint density at radius 2 is 1.18 bits per heavy atom. The lowest BCUT2D eigenvalue weighted by molar-refractivity contribution is 0.402. The highest BCUT2D eigenvalue weighted by Gasteiger charge is 2.48. The molecule has 272 valence electrons. The maximum absolute atomic E-state index is 6.93. The molecule has 0 bridgehead atoms. The predicted octanol–water partition coefficient (Wildman–Crippen LogP) is 11.2. The van der Waals surface area contributed by atoms with Crippen LogP contribution < -0.4 is 30.9 Å². The zero-order chi connectivity index (χ0) is 38.1. The van der Waals surface area contributed by atoms with E-state index in [4.69, 9.17) is 9.72 Å². The minimum atomic E-state index is -0.248. The van der Waals surface area contributed by atoms with Gasteiger partial charge in [0.2, 0.25) is 0 Å². The summed E-state index contributed by atoms with van der Waals surface area (Å²) >= 11 is 0. The molecule has 6 aromatic carbocycles. The molecule has 5 heteroatoms. The summed E-state index contributed by atoms with van der Waals surface area (Å²) in [6, 6.07) is 51.1. The number of anilines is 6. The Kier molecular flexibility index (Phi) is 6.83. The van der Waals surface area contributed by atoms with Gasteiger partial charge in [-0.2, -0.15) is 0 Å². The number of hydrogen-bond donors (Lipinski definition) is 0. The molecule has 2 aliphatic carbocycles. The third kappa shape index (κ3) is 4.64. The predicted molar refractivity (Wildman–Crippen MR) is 233 cm³/mol. The minimum Gasteiger partial charge on any atom is -0.458 e. The lowest BCUT2D eigenvalue weighted by Gasteiger charge is -2.40. The van der Waals surface area contributed by atoms with Gasteiger partial charge < -0.3 is 9.64 Å². The van der Waals surface area contributed by atoms with Gasteiger partial charge in [-0.15, -0.1) is 0 Å². The van der Waals surface area contributed by atoms with Crippen molar-refractivity contribution in [3.8, 4) is 22.6 Å². The van der Waals surface area contributed by atoms with Gasteiger partial charge in [0.15, 0.2) is 0 Å². The molecule has 1 aromatic heterocycles. The average molecular weight is 726 g/mol. The number of ether oxygens (including phenoxy) is 1. The summed E-state index contributed by atoms with van der Waals surface area (Å²) in [6.07, 6.45) is 3.02. The molecule has 0 atom stereocenters. The standard InChI is InChI=1S/C51H44BN3O/c1-49(2)31-50(3,4)41-30-46-43(29-40(41)49)52-42-28-39-37(27-44(42)55(34-20-14-9-15-21-34)48-47(52)45(56-46)24-25-53-48)36-23-22-35(26-38(36)51(39,5)6)54(32-16-10-7-11-17-32)33-18-12-8-13-19-33/h7-30H,31H2,1-6H3. The minimum absolute atomic E-state index is 0.0238. The molecular weight excluding hydrogens is 681 g/mol. The summed E-state index contributed by atoms with van der Waals surface area (Å²) in [5.41, 5.74) is 17.3. The van der Waals surface area contributed by atoms with Crippen molar-refractivity contribution in [2.75, 3.05) is 9.80 Å². The van der Waals surface area contributed by atoms with Crippen LogP contribution in [0.5, 0.6) is 11.5 Å². The van der Waals surface area contributed by atoms with Gasteiger partial charge in [-0.05, 0) is 128 Å². The van der Waals surface area contributed by atoms with Gasteiger partial charge in [0, 0.05) is 45.5 Å². The Balaban J connectivity index is 1.14. The van der Waals surface area contributed by atoms with Crippen LogP contribution in [0.1, 0.15) is 70.2 Å². The van der Waals surface area contributed by atoms with Crippen LogP contribution in [-0.2, 0) is 16.2 Å². The number of benzene rings is 6. The second kappa shape index (κ2) is 11.5. The summed E-state index contributed by atoms with van der Waals surface area (Å²) in [4.78, 5) is 9.89. The second-order valence-electron chi connectivity index (χ2n) is 18.0. The molecule has 0 radical (unpaired) electrons. The van der Waals surface area contributed by atoms with Crippen molar-refractivity contribution in [3.05, 3.63) is 168 Å². The monoisotopic (exact) mass is 725 g/mol. The summed E-state index contributed by atoms with van der Waals surface area (Å²) in [6.45, 7) is 14.3. The van der Waals surface area contributed by atoms with Crippen LogP contribution in [0.2, 0.25) is 0 Å². The molecule has 7 aromatic rings. The van der Waals surface area contributed by atoms with E-state index in [0.29, 0.717) is 0 Å². The first-order chi connectivity index (χ1) is 27.0. The van der Waals surface area contributed by atoms with E-state index in [-0.39, 0.29) is 23.0 Å². The van der Waals surface area contributed by atoms with Crippen molar-refractivity contribution < 1.29 is 4.74 Å². The van der Waals surface area contributed by atoms with Gasteiger partial charge >= 0.3 is 0 Å². The Hall–Kier alpha value is -6.07. The molecule has 0 N–H and O–H groups in total. The fourth-order valence-corrected chi connectivity index (χ4v) is 10.8. The summed E-state index contributed by atoms with van der Waals surface area (Å²) in [5.74, 6) is 2.80. The third-order valence-electron chi connectivity index (χ3n) is 13.1. The van der Waals surface area contributed by atoms with Crippen molar-refractivity contribution in [1.29, 1.82) is 0 Å². The number of hydrogen-bond acceptors (Lipinski definition) is 4. The highest BCUT2D eigenvalue weighted by Crippen LogP contribution is 2.54. The first-order valence-corrected chi connectivity index (χ1v) is 20.0. The number of fused-ring (bicyclic) bond motifs is 8. The normalized spacial score (nSPS) is 16.8. The SMILES string of the molecule is CC1(C)CC(C)(C)c2cc3c(cc21)Oc1ccnc2c1B3c1cc3c(cc1N2c1ccccc1)-c1ccc(N(c2ccccc2)c2ccccc2)cc1C3(C)C. The lowest BCUT2D eigenvalue weighted by atomic mass is 9.34. The highest BCUT2D eigenvalue weighted by atomic mass is 16.5. The molecule has 4 nitrogen and oxygen atoms in total. The van der Waals surface area contributed by atoms with E-state index in [9.17, 15) is 0 Å². The first-order valence-electron chi connectivity index (χ1n) is 20.0. The Bertz CT molecular complexity index is 2700. The van der Waals surface area contributed by atoms with Crippen LogP contribution in [0.3, 0.4) is 0 Å². The fraction of sp³-hybridized carbons (Fsp3) is 0.196. The summed E-state index contributed by atoms with van der Waals surface area (Å²) in [5, 5.41) is 0. The van der Waals surface area contributed by atoms with Gasteiger partial charge in [-0.1, -0.05) is 114 Å². The highest BCUT2D eigenvalue weighted by molar-refractivity contribution is 6.99. The van der Waals surface area contributed by atoms with Gasteiger partial charge in [-0.3, -0.25) is 4.90 Å². The van der Waals surface area contributed by atoms with Crippen LogP contribution in [-0.4, -0.2) is 11.7 Å². The molecular formula is C51H44BN3O. The molecule has 3 heterocycles. The van der Waals surface area contributed by atoms with Gasteiger partial charge in [-0.25, -0.2) is 4.98 Å². The molecule has 0 spiro atoms. The van der Waals surface area contributed by atoms with Crippen LogP contribution in [0, 0.1) is 0 Å². The second-order valence-corrected chi connectivity index (χ2v) is 18.0. The maximum Gasteiger partial charge on any atom is 0.258 e. The van der Waals surface area contributed by atoms with Crippen molar-refractivity contribution >= 4 is 57.4 Å². The van der Waals surface area contributed by atoms with Crippen LogP contribution >= 0.6 is 0 Å². The van der Waals surface area contributed by atoms with Crippen LogP contribution in [0.25, 0.3) is 11.1 Å². The average Bonchev–Trinajstić information content (AvgIpc) is 3.53. The molecule has 4 aliphatic rings. The molecule has 0 amide bonds. The quantitative estimate of drug-likeness (QED) is 0.169. The van der Waals surface area contributed by atoms with Crippen molar-refractivity contribution in [2.24, 2.45) is 0 Å². The van der Waals surface area contributed by atoms with Gasteiger partial charge in [0.25, 0.3) is 6.71 Å². The van der Waals surface area contributed by atoms with Crippen LogP contribution in [0.15, 0.2) is 146 Å². The third-order valence-corrected chi connectivity index (χ3v) is 13.1. The van der Waals surface area contributed by atoms with E-state index in [1.807, 2.05) is 6.20 Å². The first kappa shape index (κ1) is 33.3. The molecule has 0 fully saturated rings. The smallest absolute Gasteiger partial charge is 0.258 e. The van der Waals surface area contributed by atoms with Crippen molar-refractivity contribution in [1.82, 2.24) is 4.98 Å². The summed E-state index contributed by atoms with van der Waals surface area (Å²) < 4.78 is 6.93. The van der Waals surface area contributed by atoms with E-state index >= 15 is 0 Å². The zero-order valence-corrected chi connectivity index (χ0v) is 32.9. The van der Waals surface area contributed by atoms with Gasteiger partial charge in [0.1, 0.15) is 17.3 Å². The molecule has 0 saturated heterocycles. The van der Waals surface area contributed by atoms with Crippen molar-refractivity contribution in [2.45, 2.75) is 64.2 Å². The van der Waals surface area contributed by atoms with Crippen LogP contribution in [0.4, 0.5) is 34.3 Å². The number of rotatable bonds is 4. The zero-order valence-electron chi connectivity index (χ0n) is 32.9. The van der Waals surface area contributed by atoms with Crippen molar-refractivity contribution in [3.63, 3.8) is 0 Å². The largest absolute Gasteiger partial charge is 0.458 e. The number of para-hydroxylation sites is 3. The molecule has 56 heavy (non-hydrogen) atoms. The molecule has 0 saturated carbocycles. The number of nitrogens with zero attached hydrogens (tertiary/aromatic N) is 3. The Labute approximate surface area is 330 Å². The fourth-order valence-electron chi connectivity index (χ4n) is 10.8. The van der Waals surface area contributed by atoms with E-state index in [2.05, 4.69) is 191 Å². The van der Waals surface area contributed by atoms with E-state index < -0.39 is 0 Å². The van der Waals surface area contributed by atoms with E-state index in [1.165, 1.54) is 50.0 Å². The number of aromatic nitrogens is 1. The molecule has 0 unspecified atom stereocenters. The topological polar surface area (TPSA) is 28.6 Å². The van der Waals surface area contributed by atoms with Gasteiger partial charge in [0.05, 0.1) is 0 Å².